The van der Waals surface area contributed by atoms with Gasteiger partial charge in [0.05, 0.1) is 6.61 Å². The van der Waals surface area contributed by atoms with Gasteiger partial charge in [-0.3, -0.25) is 4.79 Å². The van der Waals surface area contributed by atoms with Gasteiger partial charge in [-0.05, 0) is 54.8 Å². The average molecular weight is 340 g/mol. The normalized spacial score (nSPS) is 12.3. The molecule has 1 amide bonds. The van der Waals surface area contributed by atoms with E-state index in [9.17, 15) is 9.18 Å². The standard InChI is InChI=1S/C20H21FN2O2/c1-13(12-24)22-19(25)11-10-17-16-4-2-3-5-18(16)23-20(17)14-6-8-15(21)9-7-14/h2-9,13,23-24H,10-12H2,1H3,(H,22,25)/t13-/m0/s1. The van der Waals surface area contributed by atoms with Crippen LogP contribution < -0.4 is 5.32 Å². The second-order valence-electron chi connectivity index (χ2n) is 6.18. The van der Waals surface area contributed by atoms with Gasteiger partial charge < -0.3 is 15.4 Å². The minimum Gasteiger partial charge on any atom is -0.394 e. The van der Waals surface area contributed by atoms with Gasteiger partial charge in [0.2, 0.25) is 5.91 Å². The minimum atomic E-state index is -0.279. The number of rotatable bonds is 6. The highest BCUT2D eigenvalue weighted by Crippen LogP contribution is 2.31. The van der Waals surface area contributed by atoms with Crippen molar-refractivity contribution >= 4 is 16.8 Å². The van der Waals surface area contributed by atoms with E-state index >= 15 is 0 Å². The maximum absolute atomic E-state index is 13.2. The number of aliphatic hydroxyl groups excluding tert-OH is 1. The van der Waals surface area contributed by atoms with Gasteiger partial charge in [0.15, 0.2) is 0 Å². The number of H-pyrrole nitrogens is 1. The van der Waals surface area contributed by atoms with Crippen molar-refractivity contribution in [3.63, 3.8) is 0 Å². The molecule has 0 aliphatic rings. The number of aliphatic hydroxyl groups is 1. The van der Waals surface area contributed by atoms with Crippen LogP contribution in [0.2, 0.25) is 0 Å². The van der Waals surface area contributed by atoms with Crippen molar-refractivity contribution in [2.24, 2.45) is 0 Å². The number of para-hydroxylation sites is 1. The Labute approximate surface area is 145 Å². The van der Waals surface area contributed by atoms with E-state index in [4.69, 9.17) is 5.11 Å². The van der Waals surface area contributed by atoms with Crippen LogP contribution in [0.5, 0.6) is 0 Å². The van der Waals surface area contributed by atoms with Crippen molar-refractivity contribution in [1.29, 1.82) is 0 Å². The molecule has 0 aliphatic heterocycles. The lowest BCUT2D eigenvalue weighted by Crippen LogP contribution is -2.35. The van der Waals surface area contributed by atoms with Gasteiger partial charge in [-0.15, -0.1) is 0 Å². The number of aromatic nitrogens is 1. The van der Waals surface area contributed by atoms with Crippen LogP contribution in [0.4, 0.5) is 4.39 Å². The van der Waals surface area contributed by atoms with Crippen LogP contribution in [-0.2, 0) is 11.2 Å². The third-order valence-corrected chi connectivity index (χ3v) is 4.23. The van der Waals surface area contributed by atoms with Gasteiger partial charge in [-0.25, -0.2) is 4.39 Å². The fraction of sp³-hybridized carbons (Fsp3) is 0.250. The van der Waals surface area contributed by atoms with E-state index in [1.54, 1.807) is 19.1 Å². The molecule has 1 aromatic heterocycles. The lowest BCUT2D eigenvalue weighted by atomic mass is 10.0. The predicted molar refractivity (Wildman–Crippen MR) is 96.7 cm³/mol. The van der Waals surface area contributed by atoms with Gasteiger partial charge in [0.1, 0.15) is 5.82 Å². The molecule has 130 valence electrons. The summed E-state index contributed by atoms with van der Waals surface area (Å²) in [5.74, 6) is -0.379. The number of carbonyl (C=O) groups excluding carboxylic acids is 1. The van der Waals surface area contributed by atoms with Gasteiger partial charge in [-0.1, -0.05) is 18.2 Å². The summed E-state index contributed by atoms with van der Waals surface area (Å²) in [5.41, 5.74) is 3.82. The molecule has 2 aromatic carbocycles. The molecule has 0 radical (unpaired) electrons. The molecule has 3 aromatic rings. The highest BCUT2D eigenvalue weighted by atomic mass is 19.1. The van der Waals surface area contributed by atoms with Crippen LogP contribution in [0.15, 0.2) is 48.5 Å². The maximum Gasteiger partial charge on any atom is 0.220 e. The average Bonchev–Trinajstić information content (AvgIpc) is 2.99. The summed E-state index contributed by atoms with van der Waals surface area (Å²) in [7, 11) is 0. The Bertz CT molecular complexity index is 871. The zero-order chi connectivity index (χ0) is 17.8. The molecule has 0 fully saturated rings. The lowest BCUT2D eigenvalue weighted by molar-refractivity contribution is -0.121. The second kappa shape index (κ2) is 7.49. The Balaban J connectivity index is 1.91. The van der Waals surface area contributed by atoms with Crippen molar-refractivity contribution in [3.8, 4) is 11.3 Å². The van der Waals surface area contributed by atoms with Crippen LogP contribution in [0.3, 0.4) is 0 Å². The first-order chi connectivity index (χ1) is 12.1. The number of aryl methyl sites for hydroxylation is 1. The highest BCUT2D eigenvalue weighted by Gasteiger charge is 2.15. The Morgan fingerprint density at radius 1 is 1.20 bits per heavy atom. The largest absolute Gasteiger partial charge is 0.394 e. The van der Waals surface area contributed by atoms with Crippen LogP contribution in [0, 0.1) is 5.82 Å². The van der Waals surface area contributed by atoms with E-state index in [2.05, 4.69) is 10.3 Å². The molecule has 4 nitrogen and oxygen atoms in total. The molecule has 0 saturated carbocycles. The number of halogens is 1. The van der Waals surface area contributed by atoms with E-state index in [0.717, 1.165) is 27.7 Å². The first kappa shape index (κ1) is 17.2. The zero-order valence-electron chi connectivity index (χ0n) is 14.1. The summed E-state index contributed by atoms with van der Waals surface area (Å²) in [6.45, 7) is 1.67. The van der Waals surface area contributed by atoms with Crippen LogP contribution in [0.1, 0.15) is 18.9 Å². The molecule has 0 aliphatic carbocycles. The second-order valence-corrected chi connectivity index (χ2v) is 6.18. The van der Waals surface area contributed by atoms with Crippen molar-refractivity contribution in [1.82, 2.24) is 10.3 Å². The summed E-state index contributed by atoms with van der Waals surface area (Å²) < 4.78 is 13.2. The predicted octanol–water partition coefficient (Wildman–Crippen LogP) is 3.40. The Hall–Kier alpha value is -2.66. The molecule has 1 atom stereocenters. The van der Waals surface area contributed by atoms with Crippen molar-refractivity contribution in [2.75, 3.05) is 6.61 Å². The van der Waals surface area contributed by atoms with E-state index < -0.39 is 0 Å². The molecule has 5 heteroatoms. The third-order valence-electron chi connectivity index (χ3n) is 4.23. The molecule has 3 rings (SSSR count). The van der Waals surface area contributed by atoms with Crippen molar-refractivity contribution in [3.05, 3.63) is 59.9 Å². The van der Waals surface area contributed by atoms with Crippen molar-refractivity contribution in [2.45, 2.75) is 25.8 Å². The number of aromatic amines is 1. The number of nitrogens with one attached hydrogen (secondary N) is 2. The van der Waals surface area contributed by atoms with Gasteiger partial charge in [-0.2, -0.15) is 0 Å². The van der Waals surface area contributed by atoms with Gasteiger partial charge in [0, 0.05) is 29.1 Å². The molecule has 25 heavy (non-hydrogen) atoms. The first-order valence-corrected chi connectivity index (χ1v) is 8.34. The Morgan fingerprint density at radius 3 is 2.64 bits per heavy atom. The van der Waals surface area contributed by atoms with Crippen LogP contribution in [-0.4, -0.2) is 28.6 Å². The smallest absolute Gasteiger partial charge is 0.220 e. The van der Waals surface area contributed by atoms with Crippen LogP contribution >= 0.6 is 0 Å². The fourth-order valence-electron chi connectivity index (χ4n) is 2.95. The zero-order valence-corrected chi connectivity index (χ0v) is 14.1. The molecular weight excluding hydrogens is 319 g/mol. The minimum absolute atomic E-state index is 0.0837. The lowest BCUT2D eigenvalue weighted by Gasteiger charge is -2.11. The summed E-state index contributed by atoms with van der Waals surface area (Å²) in [6.07, 6.45) is 0.876. The molecule has 0 unspecified atom stereocenters. The molecular formula is C20H21FN2O2. The third kappa shape index (κ3) is 3.88. The summed E-state index contributed by atoms with van der Waals surface area (Å²) in [4.78, 5) is 15.4. The Kier molecular flexibility index (Phi) is 5.14. The van der Waals surface area contributed by atoms with Crippen molar-refractivity contribution < 1.29 is 14.3 Å². The number of hydrogen-bond acceptors (Lipinski definition) is 2. The molecule has 1 heterocycles. The summed E-state index contributed by atoms with van der Waals surface area (Å²) >= 11 is 0. The summed E-state index contributed by atoms with van der Waals surface area (Å²) in [6, 6.07) is 14.0. The SMILES string of the molecule is C[C@@H](CO)NC(=O)CCc1c(-c2ccc(F)cc2)[nH]c2ccccc12. The van der Waals surface area contributed by atoms with Gasteiger partial charge >= 0.3 is 0 Å². The monoisotopic (exact) mass is 340 g/mol. The number of fused-ring (bicyclic) bond motifs is 1. The van der Waals surface area contributed by atoms with Gasteiger partial charge in [0.25, 0.3) is 0 Å². The molecule has 3 N–H and O–H groups in total. The highest BCUT2D eigenvalue weighted by molar-refractivity contribution is 5.91. The fourth-order valence-corrected chi connectivity index (χ4v) is 2.95. The molecule has 0 spiro atoms. The number of amides is 1. The number of benzene rings is 2. The van der Waals surface area contributed by atoms with E-state index in [1.165, 1.54) is 12.1 Å². The number of carbonyl (C=O) groups is 1. The molecule has 0 saturated heterocycles. The van der Waals surface area contributed by atoms with E-state index in [-0.39, 0.29) is 24.4 Å². The first-order valence-electron chi connectivity index (χ1n) is 8.34. The van der Waals surface area contributed by atoms with Crippen LogP contribution in [0.25, 0.3) is 22.2 Å². The van der Waals surface area contributed by atoms with E-state index in [0.29, 0.717) is 12.8 Å². The molecule has 0 bridgehead atoms. The number of hydrogen-bond donors (Lipinski definition) is 3. The summed E-state index contributed by atoms with van der Waals surface area (Å²) in [5, 5.41) is 12.9. The Morgan fingerprint density at radius 2 is 1.92 bits per heavy atom. The topological polar surface area (TPSA) is 65.1 Å². The quantitative estimate of drug-likeness (QED) is 0.644. The maximum atomic E-state index is 13.2. The van der Waals surface area contributed by atoms with E-state index in [1.807, 2.05) is 24.3 Å².